The number of hydrogen-bond donors (Lipinski definition) is 1. The molecule has 1 fully saturated rings. The average molecular weight is 239 g/mol. The van der Waals surface area contributed by atoms with Crippen molar-refractivity contribution < 1.29 is 8.78 Å². The molecule has 1 aromatic carbocycles. The fourth-order valence-electron chi connectivity index (χ4n) is 2.58. The van der Waals surface area contributed by atoms with Gasteiger partial charge >= 0.3 is 0 Å². The predicted octanol–water partition coefficient (Wildman–Crippen LogP) is 3.84. The molecular weight excluding hydrogens is 220 g/mol. The Kier molecular flexibility index (Phi) is 3.48. The summed E-state index contributed by atoms with van der Waals surface area (Å²) < 4.78 is 28.0. The number of piperidine rings is 1. The normalized spacial score (nSPS) is 21.5. The van der Waals surface area contributed by atoms with E-state index >= 15 is 0 Å². The molecule has 1 aromatic rings. The minimum atomic E-state index is -1.64. The second kappa shape index (κ2) is 4.73. The number of rotatable bonds is 2. The smallest absolute Gasteiger partial charge is 0.133 e. The molecule has 1 aliphatic rings. The molecule has 17 heavy (non-hydrogen) atoms. The van der Waals surface area contributed by atoms with Gasteiger partial charge in [-0.1, -0.05) is 18.6 Å². The van der Waals surface area contributed by atoms with E-state index in [1.54, 1.807) is 6.07 Å². The van der Waals surface area contributed by atoms with Crippen LogP contribution in [0.4, 0.5) is 8.78 Å². The molecule has 0 spiro atoms. The van der Waals surface area contributed by atoms with E-state index in [9.17, 15) is 8.78 Å². The monoisotopic (exact) mass is 239 g/mol. The van der Waals surface area contributed by atoms with E-state index in [-0.39, 0.29) is 11.6 Å². The summed E-state index contributed by atoms with van der Waals surface area (Å²) in [6.07, 6.45) is 3.20. The third kappa shape index (κ3) is 2.65. The zero-order valence-electron chi connectivity index (χ0n) is 10.4. The Labute approximate surface area is 101 Å². The molecule has 0 saturated carbocycles. The molecule has 1 N–H and O–H groups in total. The van der Waals surface area contributed by atoms with Crippen LogP contribution in [-0.2, 0) is 5.67 Å². The van der Waals surface area contributed by atoms with Crippen molar-refractivity contribution in [2.75, 3.05) is 6.54 Å². The zero-order valence-corrected chi connectivity index (χ0v) is 10.4. The van der Waals surface area contributed by atoms with E-state index in [1.165, 1.54) is 19.9 Å². The lowest BCUT2D eigenvalue weighted by atomic mass is 9.87. The van der Waals surface area contributed by atoms with Crippen LogP contribution in [0.25, 0.3) is 0 Å². The quantitative estimate of drug-likeness (QED) is 0.826. The van der Waals surface area contributed by atoms with Crippen LogP contribution in [0.15, 0.2) is 18.2 Å². The molecule has 1 unspecified atom stereocenters. The average Bonchev–Trinajstić information content (AvgIpc) is 2.28. The van der Waals surface area contributed by atoms with E-state index in [4.69, 9.17) is 0 Å². The van der Waals surface area contributed by atoms with Gasteiger partial charge in [0.25, 0.3) is 0 Å². The first-order valence-corrected chi connectivity index (χ1v) is 6.21. The van der Waals surface area contributed by atoms with Gasteiger partial charge in [-0.2, -0.15) is 0 Å². The summed E-state index contributed by atoms with van der Waals surface area (Å²) in [5, 5.41) is 3.34. The third-order valence-electron chi connectivity index (χ3n) is 3.33. The van der Waals surface area contributed by atoms with Crippen molar-refractivity contribution in [3.8, 4) is 0 Å². The highest BCUT2D eigenvalue weighted by atomic mass is 19.1. The molecule has 3 heteroatoms. The Morgan fingerprint density at radius 3 is 2.65 bits per heavy atom. The number of benzene rings is 1. The molecule has 1 nitrogen and oxygen atoms in total. The van der Waals surface area contributed by atoms with Crippen molar-refractivity contribution in [3.63, 3.8) is 0 Å². The van der Waals surface area contributed by atoms with Gasteiger partial charge in [-0.25, -0.2) is 8.78 Å². The van der Waals surface area contributed by atoms with E-state index in [1.807, 2.05) is 6.07 Å². The second-order valence-electron chi connectivity index (χ2n) is 5.18. The number of nitrogens with one attached hydrogen (secondary N) is 1. The second-order valence-corrected chi connectivity index (χ2v) is 5.18. The standard InChI is InChI=1S/C14H19F2N/c1-14(2,16)13-10(6-5-7-11(13)15)12-8-3-4-9-17-12/h5-7,12,17H,3-4,8-9H2,1-2H3. The van der Waals surface area contributed by atoms with Crippen LogP contribution in [-0.4, -0.2) is 6.54 Å². The van der Waals surface area contributed by atoms with Crippen molar-refractivity contribution in [1.82, 2.24) is 5.32 Å². The number of hydrogen-bond acceptors (Lipinski definition) is 1. The fourth-order valence-corrected chi connectivity index (χ4v) is 2.58. The zero-order chi connectivity index (χ0) is 12.5. The van der Waals surface area contributed by atoms with Crippen LogP contribution in [0.5, 0.6) is 0 Å². The Morgan fingerprint density at radius 1 is 1.29 bits per heavy atom. The third-order valence-corrected chi connectivity index (χ3v) is 3.33. The van der Waals surface area contributed by atoms with E-state index < -0.39 is 11.5 Å². The van der Waals surface area contributed by atoms with Crippen molar-refractivity contribution in [1.29, 1.82) is 0 Å². The lowest BCUT2D eigenvalue weighted by Gasteiger charge is -2.29. The fraction of sp³-hybridized carbons (Fsp3) is 0.571. The molecule has 0 amide bonds. The summed E-state index contributed by atoms with van der Waals surface area (Å²) in [5.74, 6) is -0.442. The van der Waals surface area contributed by atoms with Crippen LogP contribution < -0.4 is 5.32 Å². The highest BCUT2D eigenvalue weighted by Crippen LogP contribution is 2.35. The summed E-state index contributed by atoms with van der Waals surface area (Å²) >= 11 is 0. The molecule has 0 aliphatic carbocycles. The van der Waals surface area contributed by atoms with Crippen LogP contribution in [0, 0.1) is 5.82 Å². The summed E-state index contributed by atoms with van der Waals surface area (Å²) in [5.41, 5.74) is -0.656. The molecule has 2 rings (SSSR count). The van der Waals surface area contributed by atoms with Gasteiger partial charge < -0.3 is 5.32 Å². The number of halogens is 2. The lowest BCUT2D eigenvalue weighted by Crippen LogP contribution is -2.29. The molecule has 94 valence electrons. The predicted molar refractivity (Wildman–Crippen MR) is 65.1 cm³/mol. The van der Waals surface area contributed by atoms with Crippen molar-refractivity contribution in [2.24, 2.45) is 0 Å². The molecule has 0 bridgehead atoms. The highest BCUT2D eigenvalue weighted by molar-refractivity contribution is 5.35. The topological polar surface area (TPSA) is 12.0 Å². The first kappa shape index (κ1) is 12.5. The first-order chi connectivity index (χ1) is 8.00. The Hall–Kier alpha value is -0.960. The van der Waals surface area contributed by atoms with Crippen LogP contribution in [0.1, 0.15) is 50.3 Å². The minimum absolute atomic E-state index is 0.0875. The molecule has 1 heterocycles. The van der Waals surface area contributed by atoms with E-state index in [2.05, 4.69) is 5.32 Å². The summed E-state index contributed by atoms with van der Waals surface area (Å²) in [6, 6.07) is 4.92. The van der Waals surface area contributed by atoms with Gasteiger partial charge in [0.15, 0.2) is 0 Å². The maximum absolute atomic E-state index is 14.1. The van der Waals surface area contributed by atoms with Gasteiger partial charge in [0.1, 0.15) is 11.5 Å². The first-order valence-electron chi connectivity index (χ1n) is 6.21. The van der Waals surface area contributed by atoms with Gasteiger partial charge in [-0.3, -0.25) is 0 Å². The van der Waals surface area contributed by atoms with Crippen molar-refractivity contribution in [3.05, 3.63) is 35.1 Å². The maximum Gasteiger partial charge on any atom is 0.133 e. The maximum atomic E-state index is 14.1. The molecular formula is C14H19F2N. The van der Waals surface area contributed by atoms with Gasteiger partial charge in [0.2, 0.25) is 0 Å². The van der Waals surface area contributed by atoms with Crippen LogP contribution in [0.3, 0.4) is 0 Å². The van der Waals surface area contributed by atoms with Gasteiger partial charge in [0, 0.05) is 11.6 Å². The largest absolute Gasteiger partial charge is 0.310 e. The van der Waals surface area contributed by atoms with E-state index in [0.29, 0.717) is 0 Å². The molecule has 0 radical (unpaired) electrons. The minimum Gasteiger partial charge on any atom is -0.310 e. The molecule has 1 aliphatic heterocycles. The highest BCUT2D eigenvalue weighted by Gasteiger charge is 2.29. The van der Waals surface area contributed by atoms with Gasteiger partial charge in [0.05, 0.1) is 0 Å². The molecule has 1 saturated heterocycles. The summed E-state index contributed by atoms with van der Waals surface area (Å²) in [7, 11) is 0. The van der Waals surface area contributed by atoms with E-state index in [0.717, 1.165) is 31.4 Å². The van der Waals surface area contributed by atoms with Crippen molar-refractivity contribution in [2.45, 2.75) is 44.8 Å². The summed E-state index contributed by atoms with van der Waals surface area (Å²) in [4.78, 5) is 0. The Bertz CT molecular complexity index is 390. The Balaban J connectivity index is 2.42. The Morgan fingerprint density at radius 2 is 2.06 bits per heavy atom. The lowest BCUT2D eigenvalue weighted by molar-refractivity contribution is 0.209. The SMILES string of the molecule is CC(C)(F)c1c(F)cccc1C1CCCCN1. The van der Waals surface area contributed by atoms with Crippen LogP contribution >= 0.6 is 0 Å². The summed E-state index contributed by atoms with van der Waals surface area (Å²) in [6.45, 7) is 3.75. The van der Waals surface area contributed by atoms with Gasteiger partial charge in [-0.05, 0) is 44.9 Å². The molecule has 1 atom stereocenters. The number of alkyl halides is 1. The molecule has 0 aromatic heterocycles. The van der Waals surface area contributed by atoms with Crippen molar-refractivity contribution >= 4 is 0 Å². The van der Waals surface area contributed by atoms with Crippen LogP contribution in [0.2, 0.25) is 0 Å². The van der Waals surface area contributed by atoms with Gasteiger partial charge in [-0.15, -0.1) is 0 Å².